The number of carbonyl (C=O) groups is 2. The van der Waals surface area contributed by atoms with Gasteiger partial charge in [-0.3, -0.25) is 24.6 Å². The van der Waals surface area contributed by atoms with E-state index in [4.69, 9.17) is 4.74 Å². The lowest BCUT2D eigenvalue weighted by atomic mass is 9.89. The number of aryl methyl sites for hydroxylation is 1. The molecule has 3 aliphatic rings. The summed E-state index contributed by atoms with van der Waals surface area (Å²) >= 11 is 1.65. The zero-order valence-electron chi connectivity index (χ0n) is 31.0. The number of imide groups is 1. The fraction of sp³-hybridized carbons (Fsp3) is 0.486. The van der Waals surface area contributed by atoms with Gasteiger partial charge in [-0.25, -0.2) is 23.3 Å². The van der Waals surface area contributed by atoms with Crippen LogP contribution in [0.2, 0.25) is 0 Å². The number of thioether (sulfide) groups is 1. The molecular weight excluding hydrogens is 753 g/mol. The third-order valence-electron chi connectivity index (χ3n) is 10.4. The number of amides is 3. The number of ether oxygens (including phenoxy) is 2. The number of anilines is 2. The second-order valence-corrected chi connectivity index (χ2v) is 16.9. The predicted molar refractivity (Wildman–Crippen MR) is 207 cm³/mol. The number of benzene rings is 2. The minimum Gasteiger partial charge on any atom is -0.476 e. The molecule has 2 aromatic heterocycles. The van der Waals surface area contributed by atoms with E-state index in [-0.39, 0.29) is 24.1 Å². The Morgan fingerprint density at radius 2 is 1.76 bits per heavy atom. The van der Waals surface area contributed by atoms with Crippen molar-refractivity contribution in [3.8, 4) is 11.5 Å². The fourth-order valence-electron chi connectivity index (χ4n) is 7.39. The Balaban J connectivity index is 0.907. The molecular formula is C37H45F2N9O5S2. The van der Waals surface area contributed by atoms with Crippen LogP contribution in [0, 0.1) is 0 Å². The Kier molecular flexibility index (Phi) is 11.9. The number of urea groups is 1. The molecule has 2 atom stereocenters. The van der Waals surface area contributed by atoms with Crippen molar-refractivity contribution in [3.63, 3.8) is 0 Å². The monoisotopic (exact) mass is 797 g/mol. The molecule has 0 aliphatic carbocycles. The van der Waals surface area contributed by atoms with Gasteiger partial charge in [0.1, 0.15) is 16.7 Å². The maximum absolute atomic E-state index is 13.6. The van der Waals surface area contributed by atoms with Crippen LogP contribution in [0.1, 0.15) is 50.5 Å². The third kappa shape index (κ3) is 9.19. The summed E-state index contributed by atoms with van der Waals surface area (Å²) in [7, 11) is 0.507. The number of aromatic nitrogens is 4. The number of carbonyl (C=O) groups excluding carboxylic acids is 2. The Bertz CT molecular complexity index is 2020. The van der Waals surface area contributed by atoms with Crippen molar-refractivity contribution >= 4 is 57.4 Å². The fourth-order valence-corrected chi connectivity index (χ4v) is 9.14. The molecule has 7 rings (SSSR count). The Morgan fingerprint density at radius 1 is 1.02 bits per heavy atom. The Hall–Kier alpha value is -4.39. The van der Waals surface area contributed by atoms with Crippen LogP contribution in [-0.4, -0.2) is 108 Å². The van der Waals surface area contributed by atoms with Gasteiger partial charge in [-0.15, -0.1) is 11.8 Å². The molecule has 0 bridgehead atoms. The van der Waals surface area contributed by atoms with Crippen LogP contribution >= 0.6 is 11.8 Å². The molecule has 0 spiro atoms. The van der Waals surface area contributed by atoms with Crippen LogP contribution in [0.15, 0.2) is 59.8 Å². The van der Waals surface area contributed by atoms with Crippen molar-refractivity contribution in [1.82, 2.24) is 34.3 Å². The van der Waals surface area contributed by atoms with E-state index in [0.29, 0.717) is 60.8 Å². The molecule has 2 N–H and O–H groups in total. The molecule has 2 unspecified atom stereocenters. The highest BCUT2D eigenvalue weighted by atomic mass is 32.2. The number of hydrogen-bond donors (Lipinski definition) is 2. The number of nitrogens with one attached hydrogen (secondary N) is 2. The summed E-state index contributed by atoms with van der Waals surface area (Å²) in [6.45, 7) is 3.22. The SMILES string of the molecule is CSC(C)(CN1CCC(c2ccc3c(N4CCC(=O)NC4=O)nn(C)c3c2)CC1)Oc1cccc(S(=O)N2CCC(Nc3ncc(OC(F)F)cn3)CC2)c1. The molecule has 0 radical (unpaired) electrons. The number of piperidine rings is 2. The van der Waals surface area contributed by atoms with E-state index in [9.17, 15) is 22.6 Å². The summed E-state index contributed by atoms with van der Waals surface area (Å²) < 4.78 is 53.1. The average Bonchev–Trinajstić information content (AvgIpc) is 3.50. The van der Waals surface area contributed by atoms with E-state index in [0.717, 1.165) is 43.4 Å². The lowest BCUT2D eigenvalue weighted by Gasteiger charge is -2.38. The molecule has 3 saturated heterocycles. The first-order chi connectivity index (χ1) is 26.5. The topological polar surface area (TPSA) is 147 Å². The van der Waals surface area contributed by atoms with E-state index in [2.05, 4.69) is 54.4 Å². The average molecular weight is 798 g/mol. The first-order valence-corrected chi connectivity index (χ1v) is 20.6. The van der Waals surface area contributed by atoms with Crippen molar-refractivity contribution in [2.24, 2.45) is 7.05 Å². The van der Waals surface area contributed by atoms with Gasteiger partial charge in [0.05, 0.1) is 22.8 Å². The molecule has 3 amide bonds. The zero-order chi connectivity index (χ0) is 38.7. The summed E-state index contributed by atoms with van der Waals surface area (Å²) in [5, 5.41) is 11.1. The molecule has 3 aliphatic heterocycles. The van der Waals surface area contributed by atoms with E-state index >= 15 is 0 Å². The highest BCUT2D eigenvalue weighted by Crippen LogP contribution is 2.36. The lowest BCUT2D eigenvalue weighted by Crippen LogP contribution is -2.49. The molecule has 3 fully saturated rings. The summed E-state index contributed by atoms with van der Waals surface area (Å²) in [6.07, 6.45) is 8.12. The van der Waals surface area contributed by atoms with Gasteiger partial charge in [0.2, 0.25) is 11.9 Å². The Labute approximate surface area is 324 Å². The molecule has 0 saturated carbocycles. The van der Waals surface area contributed by atoms with Crippen molar-refractivity contribution in [1.29, 1.82) is 0 Å². The normalized spacial score (nSPS) is 19.7. The van der Waals surface area contributed by atoms with Gasteiger partial charge in [-0.05, 0) is 93.8 Å². The molecule has 18 heteroatoms. The van der Waals surface area contributed by atoms with Crippen molar-refractivity contribution in [2.45, 2.75) is 67.4 Å². The standard InChI is InChI=1S/C37H45F2N9O5S2/c1-37(54-3,23-46-14-9-24(10-15-46)25-7-8-30-31(19-25)45(2)44-33(30)48-18-13-32(49)43-36(48)50)53-27-5-4-6-29(20-27)55(51)47-16-11-26(12-17-47)42-35-40-21-28(22-41-35)52-34(38)39/h4-8,19-22,24,26,34H,9-18,23H2,1-3H3,(H,40,41,42)(H,43,49,50). The zero-order valence-corrected chi connectivity index (χ0v) is 32.6. The predicted octanol–water partition coefficient (Wildman–Crippen LogP) is 5.35. The van der Waals surface area contributed by atoms with Crippen LogP contribution in [0.3, 0.4) is 0 Å². The van der Waals surface area contributed by atoms with Gasteiger partial charge < -0.3 is 14.8 Å². The molecule has 4 aromatic rings. The number of rotatable bonds is 13. The quantitative estimate of drug-likeness (QED) is 0.169. The number of hydrogen-bond acceptors (Lipinski definition) is 11. The molecule has 5 heterocycles. The summed E-state index contributed by atoms with van der Waals surface area (Å²) in [5.41, 5.74) is 2.20. The largest absolute Gasteiger partial charge is 0.476 e. The van der Waals surface area contributed by atoms with E-state index in [1.165, 1.54) is 22.9 Å². The van der Waals surface area contributed by atoms with Gasteiger partial charge in [-0.2, -0.15) is 13.9 Å². The van der Waals surface area contributed by atoms with Crippen molar-refractivity contribution in [3.05, 3.63) is 60.4 Å². The van der Waals surface area contributed by atoms with E-state index in [1.807, 2.05) is 47.9 Å². The van der Waals surface area contributed by atoms with E-state index < -0.39 is 28.6 Å². The van der Waals surface area contributed by atoms with Gasteiger partial charge >= 0.3 is 12.6 Å². The molecule has 2 aromatic carbocycles. The maximum Gasteiger partial charge on any atom is 0.387 e. The smallest absolute Gasteiger partial charge is 0.387 e. The number of alkyl halides is 2. The minimum absolute atomic E-state index is 0.0558. The maximum atomic E-state index is 13.6. The second kappa shape index (κ2) is 16.8. The van der Waals surface area contributed by atoms with Crippen molar-refractivity contribution < 1.29 is 32.1 Å². The van der Waals surface area contributed by atoms with Gasteiger partial charge in [0.25, 0.3) is 0 Å². The highest BCUT2D eigenvalue weighted by molar-refractivity contribution is 7.99. The summed E-state index contributed by atoms with van der Waals surface area (Å²) in [6, 6.07) is 13.5. The summed E-state index contributed by atoms with van der Waals surface area (Å²) in [5.74, 6) is 1.58. The number of halogens is 2. The molecule has 294 valence electrons. The summed E-state index contributed by atoms with van der Waals surface area (Å²) in [4.78, 5) is 36.4. The Morgan fingerprint density at radius 3 is 2.45 bits per heavy atom. The number of likely N-dealkylation sites (tertiary alicyclic amines) is 1. The second-order valence-electron chi connectivity index (χ2n) is 14.2. The highest BCUT2D eigenvalue weighted by Gasteiger charge is 2.33. The minimum atomic E-state index is -2.93. The van der Waals surface area contributed by atoms with Crippen LogP contribution < -0.4 is 25.0 Å². The molecule has 55 heavy (non-hydrogen) atoms. The van der Waals surface area contributed by atoms with Gasteiger partial charge in [-0.1, -0.05) is 12.1 Å². The van der Waals surface area contributed by atoms with Crippen molar-refractivity contribution in [2.75, 3.05) is 55.7 Å². The molecule has 14 nitrogen and oxygen atoms in total. The number of nitrogens with zero attached hydrogens (tertiary/aromatic N) is 7. The van der Waals surface area contributed by atoms with Crippen LogP contribution in [0.25, 0.3) is 10.9 Å². The first-order valence-electron chi connectivity index (χ1n) is 18.3. The van der Waals surface area contributed by atoms with Crippen LogP contribution in [-0.2, 0) is 22.8 Å². The van der Waals surface area contributed by atoms with Crippen LogP contribution in [0.4, 0.5) is 25.3 Å². The lowest BCUT2D eigenvalue weighted by molar-refractivity contribution is -0.120. The van der Waals surface area contributed by atoms with Crippen LogP contribution in [0.5, 0.6) is 11.5 Å². The number of fused-ring (bicyclic) bond motifs is 1. The van der Waals surface area contributed by atoms with Gasteiger partial charge in [0, 0.05) is 51.1 Å². The van der Waals surface area contributed by atoms with E-state index in [1.54, 1.807) is 16.4 Å². The first kappa shape index (κ1) is 38.9. The van der Waals surface area contributed by atoms with Gasteiger partial charge in [0.15, 0.2) is 16.5 Å². The third-order valence-corrected chi connectivity index (χ3v) is 13.0.